The Balaban J connectivity index is 1.86. The second kappa shape index (κ2) is 5.84. The average molecular weight is 324 g/mol. The minimum absolute atomic E-state index is 0.424. The van der Waals surface area contributed by atoms with Crippen molar-refractivity contribution < 1.29 is 4.74 Å². The maximum Gasteiger partial charge on any atom is 0.127 e. The zero-order valence-electron chi connectivity index (χ0n) is 11.5. The van der Waals surface area contributed by atoms with Crippen LogP contribution < -0.4 is 10.1 Å². The number of hydrogen-bond acceptors (Lipinski definition) is 2. The van der Waals surface area contributed by atoms with Gasteiger partial charge in [-0.2, -0.15) is 0 Å². The summed E-state index contributed by atoms with van der Waals surface area (Å²) in [5, 5.41) is 3.50. The lowest BCUT2D eigenvalue weighted by Crippen LogP contribution is -2.20. The summed E-state index contributed by atoms with van der Waals surface area (Å²) in [6.45, 7) is 0.832. The normalized spacial score (nSPS) is 20.3. The Bertz CT molecular complexity index is 454. The lowest BCUT2D eigenvalue weighted by Gasteiger charge is -2.22. The molecule has 1 aliphatic heterocycles. The van der Waals surface area contributed by atoms with E-state index in [0.29, 0.717) is 6.04 Å². The monoisotopic (exact) mass is 323 g/mol. The zero-order chi connectivity index (χ0) is 13.2. The standard InChI is InChI=1S/C16H22BrNO/c1-18-15(8-11-4-2-3-5-11)14-10-13(17)9-12-6-7-19-16(12)14/h9-11,15,18H,2-8H2,1H3. The Hall–Kier alpha value is -0.540. The molecule has 1 saturated carbocycles. The molecule has 3 heteroatoms. The van der Waals surface area contributed by atoms with Crippen LogP contribution in [0.5, 0.6) is 5.75 Å². The molecule has 1 aliphatic carbocycles. The first-order chi connectivity index (χ1) is 9.28. The molecule has 0 bridgehead atoms. The molecule has 19 heavy (non-hydrogen) atoms. The molecule has 0 radical (unpaired) electrons. The van der Waals surface area contributed by atoms with Crippen LogP contribution >= 0.6 is 15.9 Å². The fourth-order valence-electron chi connectivity index (χ4n) is 3.54. The van der Waals surface area contributed by atoms with Gasteiger partial charge in [0.25, 0.3) is 0 Å². The predicted octanol–water partition coefficient (Wildman–Crippen LogP) is 4.22. The third-order valence-corrected chi connectivity index (χ3v) is 5.00. The molecule has 1 N–H and O–H groups in total. The van der Waals surface area contributed by atoms with Gasteiger partial charge in [0, 0.05) is 22.5 Å². The van der Waals surface area contributed by atoms with Gasteiger partial charge in [-0.25, -0.2) is 0 Å². The third-order valence-electron chi connectivity index (χ3n) is 4.54. The van der Waals surface area contributed by atoms with Crippen molar-refractivity contribution in [3.63, 3.8) is 0 Å². The van der Waals surface area contributed by atoms with E-state index in [1.165, 1.54) is 47.7 Å². The molecule has 1 aromatic carbocycles. The SMILES string of the molecule is CNC(CC1CCCC1)c1cc(Br)cc2c1OCC2. The van der Waals surface area contributed by atoms with Crippen molar-refractivity contribution in [3.05, 3.63) is 27.7 Å². The lowest BCUT2D eigenvalue weighted by molar-refractivity contribution is 0.341. The highest BCUT2D eigenvalue weighted by atomic mass is 79.9. The summed E-state index contributed by atoms with van der Waals surface area (Å²) in [6.07, 6.45) is 7.90. The van der Waals surface area contributed by atoms with Gasteiger partial charge >= 0.3 is 0 Å². The first kappa shape index (κ1) is 13.4. The largest absolute Gasteiger partial charge is 0.493 e. The van der Waals surface area contributed by atoms with Crippen LogP contribution in [0, 0.1) is 5.92 Å². The van der Waals surface area contributed by atoms with Crippen LogP contribution in [0.15, 0.2) is 16.6 Å². The van der Waals surface area contributed by atoms with Gasteiger partial charge in [0.05, 0.1) is 6.61 Å². The van der Waals surface area contributed by atoms with Crippen LogP contribution in [-0.4, -0.2) is 13.7 Å². The van der Waals surface area contributed by atoms with E-state index >= 15 is 0 Å². The maximum atomic E-state index is 5.87. The number of halogens is 1. The molecule has 1 fully saturated rings. The number of nitrogens with one attached hydrogen (secondary N) is 1. The molecule has 2 aliphatic rings. The molecule has 1 aromatic rings. The molecule has 3 rings (SSSR count). The van der Waals surface area contributed by atoms with Gasteiger partial charge in [-0.3, -0.25) is 0 Å². The van der Waals surface area contributed by atoms with E-state index in [1.807, 2.05) is 0 Å². The minimum atomic E-state index is 0.424. The van der Waals surface area contributed by atoms with E-state index in [-0.39, 0.29) is 0 Å². The molecule has 0 spiro atoms. The second-order valence-corrected chi connectivity index (χ2v) is 6.72. The van der Waals surface area contributed by atoms with Gasteiger partial charge in [-0.15, -0.1) is 0 Å². The van der Waals surface area contributed by atoms with Crippen molar-refractivity contribution in [1.29, 1.82) is 0 Å². The topological polar surface area (TPSA) is 21.3 Å². The molecule has 2 nitrogen and oxygen atoms in total. The van der Waals surface area contributed by atoms with Gasteiger partial charge in [-0.1, -0.05) is 41.6 Å². The quantitative estimate of drug-likeness (QED) is 0.895. The highest BCUT2D eigenvalue weighted by molar-refractivity contribution is 9.10. The van der Waals surface area contributed by atoms with Crippen LogP contribution in [-0.2, 0) is 6.42 Å². The summed E-state index contributed by atoms with van der Waals surface area (Å²) < 4.78 is 7.05. The van der Waals surface area contributed by atoms with E-state index in [9.17, 15) is 0 Å². The van der Waals surface area contributed by atoms with Gasteiger partial charge in [0.2, 0.25) is 0 Å². The lowest BCUT2D eigenvalue weighted by atomic mass is 9.92. The van der Waals surface area contributed by atoms with E-state index in [2.05, 4.69) is 40.4 Å². The number of rotatable bonds is 4. The number of hydrogen-bond donors (Lipinski definition) is 1. The van der Waals surface area contributed by atoms with Gasteiger partial charge in [-0.05, 0) is 37.1 Å². The number of benzene rings is 1. The van der Waals surface area contributed by atoms with Gasteiger partial charge < -0.3 is 10.1 Å². The van der Waals surface area contributed by atoms with E-state index in [4.69, 9.17) is 4.74 Å². The Morgan fingerprint density at radius 3 is 2.89 bits per heavy atom. The zero-order valence-corrected chi connectivity index (χ0v) is 13.1. The first-order valence-corrected chi connectivity index (χ1v) is 8.19. The smallest absolute Gasteiger partial charge is 0.127 e. The Morgan fingerprint density at radius 1 is 1.37 bits per heavy atom. The average Bonchev–Trinajstić information content (AvgIpc) is 3.05. The fraction of sp³-hybridized carbons (Fsp3) is 0.625. The maximum absolute atomic E-state index is 5.87. The Morgan fingerprint density at radius 2 is 2.16 bits per heavy atom. The number of fused-ring (bicyclic) bond motifs is 1. The summed E-state index contributed by atoms with van der Waals surface area (Å²) in [7, 11) is 2.07. The van der Waals surface area contributed by atoms with E-state index < -0.39 is 0 Å². The molecular weight excluding hydrogens is 302 g/mol. The summed E-state index contributed by atoms with van der Waals surface area (Å²) in [5.74, 6) is 2.02. The van der Waals surface area contributed by atoms with Crippen molar-refractivity contribution in [2.24, 2.45) is 5.92 Å². The van der Waals surface area contributed by atoms with Crippen LogP contribution in [0.2, 0.25) is 0 Å². The molecule has 1 unspecified atom stereocenters. The van der Waals surface area contributed by atoms with Crippen LogP contribution in [0.3, 0.4) is 0 Å². The van der Waals surface area contributed by atoms with Crippen LogP contribution in [0.25, 0.3) is 0 Å². The summed E-state index contributed by atoms with van der Waals surface area (Å²) in [4.78, 5) is 0. The van der Waals surface area contributed by atoms with Crippen molar-refractivity contribution >= 4 is 15.9 Å². The summed E-state index contributed by atoms with van der Waals surface area (Å²) >= 11 is 3.64. The van der Waals surface area contributed by atoms with Crippen LogP contribution in [0.4, 0.5) is 0 Å². The van der Waals surface area contributed by atoms with Gasteiger partial charge in [0.1, 0.15) is 5.75 Å². The van der Waals surface area contributed by atoms with Crippen molar-refractivity contribution in [1.82, 2.24) is 5.32 Å². The molecule has 0 saturated heterocycles. The molecule has 1 atom stereocenters. The van der Waals surface area contributed by atoms with Crippen molar-refractivity contribution in [3.8, 4) is 5.75 Å². The molecule has 104 valence electrons. The highest BCUT2D eigenvalue weighted by Gasteiger charge is 2.26. The minimum Gasteiger partial charge on any atom is -0.493 e. The second-order valence-electron chi connectivity index (χ2n) is 5.81. The first-order valence-electron chi connectivity index (χ1n) is 7.40. The van der Waals surface area contributed by atoms with E-state index in [0.717, 1.165) is 24.7 Å². The molecular formula is C16H22BrNO. The van der Waals surface area contributed by atoms with Crippen molar-refractivity contribution in [2.75, 3.05) is 13.7 Å². The van der Waals surface area contributed by atoms with Crippen molar-refractivity contribution in [2.45, 2.75) is 44.6 Å². The summed E-state index contributed by atoms with van der Waals surface area (Å²) in [6, 6.07) is 4.86. The molecule has 0 aromatic heterocycles. The fourth-order valence-corrected chi connectivity index (χ4v) is 4.06. The highest BCUT2D eigenvalue weighted by Crippen LogP contribution is 2.40. The molecule has 0 amide bonds. The van der Waals surface area contributed by atoms with Gasteiger partial charge in [0.15, 0.2) is 0 Å². The Labute approximate surface area is 124 Å². The number of ether oxygens (including phenoxy) is 1. The summed E-state index contributed by atoms with van der Waals surface area (Å²) in [5.41, 5.74) is 2.70. The Kier molecular flexibility index (Phi) is 4.13. The van der Waals surface area contributed by atoms with E-state index in [1.54, 1.807) is 0 Å². The van der Waals surface area contributed by atoms with Crippen LogP contribution in [0.1, 0.15) is 49.3 Å². The predicted molar refractivity (Wildman–Crippen MR) is 81.7 cm³/mol. The third kappa shape index (κ3) is 2.82. The molecule has 1 heterocycles.